The zero-order chi connectivity index (χ0) is 16.0. The molecule has 1 aliphatic carbocycles. The average molecular weight is 326 g/mol. The lowest BCUT2D eigenvalue weighted by molar-refractivity contribution is 0.0695. The van der Waals surface area contributed by atoms with Crippen LogP contribution < -0.4 is 5.32 Å². The zero-order valence-electron chi connectivity index (χ0n) is 12.4. The normalized spacial score (nSPS) is 24.7. The third-order valence-corrected chi connectivity index (χ3v) is 5.17. The van der Waals surface area contributed by atoms with Gasteiger partial charge in [-0.05, 0) is 35.6 Å². The van der Waals surface area contributed by atoms with E-state index in [1.165, 1.54) is 5.56 Å². The number of benzene rings is 2. The Labute approximate surface area is 139 Å². The Morgan fingerprint density at radius 2 is 1.96 bits per heavy atom. The number of allylic oxidation sites excluding steroid dienone is 2. The summed E-state index contributed by atoms with van der Waals surface area (Å²) in [5.74, 6) is -0.514. The van der Waals surface area contributed by atoms with E-state index in [0.717, 1.165) is 17.7 Å². The lowest BCUT2D eigenvalue weighted by Crippen LogP contribution is -2.30. The molecule has 0 aromatic heterocycles. The summed E-state index contributed by atoms with van der Waals surface area (Å²) in [6.07, 6.45) is 5.21. The lowest BCUT2D eigenvalue weighted by atomic mass is 9.75. The SMILES string of the molecule is O=C(O)c1ccc(Cl)c2c1[C@@H]1C=CC[C@@H]1[C@@H](c1ccccc1)N2. The summed E-state index contributed by atoms with van der Waals surface area (Å²) in [7, 11) is 0. The number of aromatic carboxylic acids is 1. The molecule has 2 aliphatic rings. The highest BCUT2D eigenvalue weighted by molar-refractivity contribution is 6.33. The Hall–Kier alpha value is -2.26. The molecule has 2 aromatic carbocycles. The maximum atomic E-state index is 11.6. The topological polar surface area (TPSA) is 49.3 Å². The van der Waals surface area contributed by atoms with Gasteiger partial charge in [0.15, 0.2) is 0 Å². The van der Waals surface area contributed by atoms with Crippen molar-refractivity contribution >= 4 is 23.3 Å². The standard InChI is InChI=1S/C19H16ClNO2/c20-15-10-9-14(19(22)23)16-12-7-4-8-13(12)17(21-18(15)16)11-5-2-1-3-6-11/h1-7,9-10,12-13,17,21H,8H2,(H,22,23)/t12-,13+,17-/m1/s1. The number of hydrogen-bond acceptors (Lipinski definition) is 2. The molecule has 0 bridgehead atoms. The fraction of sp³-hybridized carbons (Fsp3) is 0.211. The molecule has 0 saturated heterocycles. The molecule has 116 valence electrons. The fourth-order valence-electron chi connectivity index (χ4n) is 3.85. The van der Waals surface area contributed by atoms with E-state index in [0.29, 0.717) is 16.5 Å². The van der Waals surface area contributed by atoms with Crippen molar-refractivity contribution in [3.05, 3.63) is 76.3 Å². The lowest BCUT2D eigenvalue weighted by Gasteiger charge is -2.38. The zero-order valence-corrected chi connectivity index (χ0v) is 13.1. The van der Waals surface area contributed by atoms with Crippen LogP contribution in [0.1, 0.15) is 39.9 Å². The number of carbonyl (C=O) groups is 1. The third kappa shape index (κ3) is 2.23. The number of anilines is 1. The molecule has 2 aromatic rings. The first-order valence-electron chi connectivity index (χ1n) is 7.70. The van der Waals surface area contributed by atoms with Gasteiger partial charge in [0.25, 0.3) is 0 Å². The maximum absolute atomic E-state index is 11.6. The van der Waals surface area contributed by atoms with Crippen molar-refractivity contribution in [1.82, 2.24) is 0 Å². The smallest absolute Gasteiger partial charge is 0.336 e. The van der Waals surface area contributed by atoms with Crippen LogP contribution in [0.25, 0.3) is 0 Å². The Kier molecular flexibility index (Phi) is 3.38. The minimum Gasteiger partial charge on any atom is -0.478 e. The van der Waals surface area contributed by atoms with Crippen LogP contribution in [0, 0.1) is 5.92 Å². The van der Waals surface area contributed by atoms with Gasteiger partial charge in [0, 0.05) is 5.92 Å². The number of rotatable bonds is 2. The summed E-state index contributed by atoms with van der Waals surface area (Å²) in [5.41, 5.74) is 3.11. The largest absolute Gasteiger partial charge is 0.478 e. The van der Waals surface area contributed by atoms with Crippen LogP contribution >= 0.6 is 11.6 Å². The first kappa shape index (κ1) is 14.3. The molecule has 4 rings (SSSR count). The second-order valence-electron chi connectivity index (χ2n) is 6.07. The molecule has 0 spiro atoms. The van der Waals surface area contributed by atoms with Crippen molar-refractivity contribution < 1.29 is 9.90 Å². The summed E-state index contributed by atoms with van der Waals surface area (Å²) < 4.78 is 0. The molecule has 0 unspecified atom stereocenters. The van der Waals surface area contributed by atoms with E-state index >= 15 is 0 Å². The first-order valence-corrected chi connectivity index (χ1v) is 8.08. The number of carboxylic acid groups (broad SMARTS) is 1. The third-order valence-electron chi connectivity index (χ3n) is 4.86. The van der Waals surface area contributed by atoms with E-state index in [2.05, 4.69) is 29.6 Å². The van der Waals surface area contributed by atoms with E-state index in [1.807, 2.05) is 18.2 Å². The summed E-state index contributed by atoms with van der Waals surface area (Å²) in [6.45, 7) is 0. The van der Waals surface area contributed by atoms with Crippen LogP contribution in [0.2, 0.25) is 5.02 Å². The summed E-state index contributed by atoms with van der Waals surface area (Å²) in [6, 6.07) is 13.7. The molecule has 0 radical (unpaired) electrons. The van der Waals surface area contributed by atoms with E-state index in [9.17, 15) is 9.90 Å². The van der Waals surface area contributed by atoms with Crippen molar-refractivity contribution in [2.24, 2.45) is 5.92 Å². The fourth-order valence-corrected chi connectivity index (χ4v) is 4.07. The van der Waals surface area contributed by atoms with Gasteiger partial charge in [-0.1, -0.05) is 54.1 Å². The highest BCUT2D eigenvalue weighted by Gasteiger charge is 2.40. The summed E-state index contributed by atoms with van der Waals surface area (Å²) in [5, 5.41) is 13.6. The van der Waals surface area contributed by atoms with Crippen molar-refractivity contribution in [1.29, 1.82) is 0 Å². The van der Waals surface area contributed by atoms with Crippen LogP contribution in [0.5, 0.6) is 0 Å². The first-order chi connectivity index (χ1) is 11.2. The van der Waals surface area contributed by atoms with Crippen LogP contribution in [-0.2, 0) is 0 Å². The van der Waals surface area contributed by atoms with Gasteiger partial charge >= 0.3 is 5.97 Å². The van der Waals surface area contributed by atoms with Gasteiger partial charge in [-0.25, -0.2) is 4.79 Å². The molecule has 0 saturated carbocycles. The highest BCUT2D eigenvalue weighted by atomic mass is 35.5. The van der Waals surface area contributed by atoms with Gasteiger partial charge in [-0.3, -0.25) is 0 Å². The van der Waals surface area contributed by atoms with Crippen molar-refractivity contribution in [2.75, 3.05) is 5.32 Å². The molecular formula is C19H16ClNO2. The number of fused-ring (bicyclic) bond motifs is 3. The van der Waals surface area contributed by atoms with Gasteiger partial charge in [-0.15, -0.1) is 0 Å². The van der Waals surface area contributed by atoms with Gasteiger partial charge in [-0.2, -0.15) is 0 Å². The Morgan fingerprint density at radius 3 is 2.70 bits per heavy atom. The van der Waals surface area contributed by atoms with Crippen molar-refractivity contribution in [3.8, 4) is 0 Å². The van der Waals surface area contributed by atoms with Gasteiger partial charge in [0.2, 0.25) is 0 Å². The van der Waals surface area contributed by atoms with Crippen LogP contribution in [0.15, 0.2) is 54.6 Å². The molecular weight excluding hydrogens is 310 g/mol. The van der Waals surface area contributed by atoms with Crippen LogP contribution in [0.3, 0.4) is 0 Å². The van der Waals surface area contributed by atoms with E-state index < -0.39 is 5.97 Å². The number of hydrogen-bond donors (Lipinski definition) is 2. The van der Waals surface area contributed by atoms with Crippen molar-refractivity contribution in [3.63, 3.8) is 0 Å². The second-order valence-corrected chi connectivity index (χ2v) is 6.48. The molecule has 3 nitrogen and oxygen atoms in total. The second kappa shape index (κ2) is 5.43. The average Bonchev–Trinajstić information content (AvgIpc) is 3.05. The van der Waals surface area contributed by atoms with E-state index in [4.69, 9.17) is 11.6 Å². The molecule has 1 heterocycles. The van der Waals surface area contributed by atoms with Crippen LogP contribution in [0.4, 0.5) is 5.69 Å². The molecule has 3 atom stereocenters. The minimum absolute atomic E-state index is 0.0845. The van der Waals surface area contributed by atoms with Crippen LogP contribution in [-0.4, -0.2) is 11.1 Å². The molecule has 2 N–H and O–H groups in total. The van der Waals surface area contributed by atoms with Gasteiger partial charge in [0.05, 0.1) is 22.3 Å². The highest BCUT2D eigenvalue weighted by Crippen LogP contribution is 2.52. The summed E-state index contributed by atoms with van der Waals surface area (Å²) in [4.78, 5) is 11.6. The van der Waals surface area contributed by atoms with Gasteiger partial charge < -0.3 is 10.4 Å². The molecule has 23 heavy (non-hydrogen) atoms. The minimum atomic E-state index is -0.906. The van der Waals surface area contributed by atoms with E-state index in [1.54, 1.807) is 12.1 Å². The van der Waals surface area contributed by atoms with E-state index in [-0.39, 0.29) is 12.0 Å². The number of carboxylic acids is 1. The van der Waals surface area contributed by atoms with Crippen molar-refractivity contribution in [2.45, 2.75) is 18.4 Å². The Morgan fingerprint density at radius 1 is 1.17 bits per heavy atom. The predicted octanol–water partition coefficient (Wildman–Crippen LogP) is 4.86. The number of halogens is 1. The number of nitrogens with one attached hydrogen (secondary N) is 1. The molecule has 0 fully saturated rings. The molecule has 4 heteroatoms. The maximum Gasteiger partial charge on any atom is 0.336 e. The predicted molar refractivity (Wildman–Crippen MR) is 91.2 cm³/mol. The summed E-state index contributed by atoms with van der Waals surface area (Å²) >= 11 is 6.38. The molecule has 0 amide bonds. The van der Waals surface area contributed by atoms with Gasteiger partial charge in [0.1, 0.15) is 0 Å². The Bertz CT molecular complexity index is 801. The monoisotopic (exact) mass is 325 g/mol. The Balaban J connectivity index is 1.89. The quantitative estimate of drug-likeness (QED) is 0.775. The molecule has 1 aliphatic heterocycles.